The largest absolute Gasteiger partial charge is 0.586 e. The maximum Gasteiger partial charge on any atom is 0.586 e. The van der Waals surface area contributed by atoms with Gasteiger partial charge in [0.1, 0.15) is 23.8 Å². The molecule has 2 bridgehead atoms. The first-order valence-electron chi connectivity index (χ1n) is 13.5. The summed E-state index contributed by atoms with van der Waals surface area (Å²) in [6.45, 7) is 1.44. The van der Waals surface area contributed by atoms with Crippen molar-refractivity contribution in [1.29, 1.82) is 0 Å². The molecule has 5 aliphatic rings. The minimum atomic E-state index is -4.75. The summed E-state index contributed by atoms with van der Waals surface area (Å²) >= 11 is 0. The third-order valence-corrected chi connectivity index (χ3v) is 8.53. The third-order valence-electron chi connectivity index (χ3n) is 8.53. The highest BCUT2D eigenvalue weighted by Gasteiger charge is 2.73. The molecule has 3 fully saturated rings. The molecule has 9 nitrogen and oxygen atoms in total. The molecule has 0 spiro atoms. The van der Waals surface area contributed by atoms with Gasteiger partial charge in [-0.3, -0.25) is 9.78 Å². The van der Waals surface area contributed by atoms with Crippen LogP contribution in [0.2, 0.25) is 0 Å². The highest BCUT2D eigenvalue weighted by atomic mass is 19.4. The van der Waals surface area contributed by atoms with E-state index in [0.717, 1.165) is 16.8 Å². The molecule has 2 aromatic heterocycles. The monoisotopic (exact) mass is 611 g/mol. The Kier molecular flexibility index (Phi) is 5.82. The van der Waals surface area contributed by atoms with Crippen molar-refractivity contribution in [2.75, 3.05) is 0 Å². The van der Waals surface area contributed by atoms with Gasteiger partial charge in [-0.15, -0.1) is 8.78 Å². The molecule has 15 heteroatoms. The number of hydrogen-bond donors (Lipinski definition) is 1. The Morgan fingerprint density at radius 1 is 1.14 bits per heavy atom. The number of hydrogen-bond acceptors (Lipinski definition) is 7. The van der Waals surface area contributed by atoms with Crippen LogP contribution in [0.15, 0.2) is 30.6 Å². The predicted molar refractivity (Wildman–Crippen MR) is 131 cm³/mol. The van der Waals surface area contributed by atoms with Crippen LogP contribution in [-0.4, -0.2) is 37.7 Å². The Labute approximate surface area is 239 Å². The summed E-state index contributed by atoms with van der Waals surface area (Å²) in [5, 5.41) is 13.4. The second-order valence-corrected chi connectivity index (χ2v) is 11.5. The zero-order chi connectivity index (χ0) is 30.5. The number of ether oxygens (including phenoxy) is 4. The minimum absolute atomic E-state index is 0.00205. The molecular formula is C28H23F6N3O6. The molecule has 4 aliphatic carbocycles. The van der Waals surface area contributed by atoms with Crippen molar-refractivity contribution in [3.8, 4) is 22.9 Å². The molecule has 0 saturated heterocycles. The van der Waals surface area contributed by atoms with E-state index in [0.29, 0.717) is 32.1 Å². The van der Waals surface area contributed by atoms with Gasteiger partial charge in [0.2, 0.25) is 0 Å². The summed E-state index contributed by atoms with van der Waals surface area (Å²) in [4.78, 5) is 15.6. The number of nitrogens with zero attached hydrogens (tertiary/aromatic N) is 3. The van der Waals surface area contributed by atoms with Crippen molar-refractivity contribution >= 4 is 5.97 Å². The zero-order valence-corrected chi connectivity index (χ0v) is 22.4. The van der Waals surface area contributed by atoms with E-state index in [-0.39, 0.29) is 40.4 Å². The number of rotatable bonds is 7. The van der Waals surface area contributed by atoms with Crippen LogP contribution in [0.25, 0.3) is 5.69 Å². The van der Waals surface area contributed by atoms with E-state index in [9.17, 15) is 36.2 Å². The average molecular weight is 611 g/mol. The van der Waals surface area contributed by atoms with E-state index in [1.807, 2.05) is 0 Å². The maximum atomic E-state index is 14.7. The number of fused-ring (bicyclic) bond motifs is 2. The van der Waals surface area contributed by atoms with Crippen LogP contribution in [0.3, 0.4) is 0 Å². The summed E-state index contributed by atoms with van der Waals surface area (Å²) in [6.07, 6.45) is -6.06. The summed E-state index contributed by atoms with van der Waals surface area (Å²) in [5.41, 5.74) is -2.36. The zero-order valence-electron chi connectivity index (χ0n) is 22.4. The van der Waals surface area contributed by atoms with Gasteiger partial charge in [-0.25, -0.2) is 9.07 Å². The van der Waals surface area contributed by atoms with Gasteiger partial charge < -0.3 is 24.1 Å². The van der Waals surface area contributed by atoms with Gasteiger partial charge in [0, 0.05) is 23.3 Å². The van der Waals surface area contributed by atoms with Crippen molar-refractivity contribution in [3.63, 3.8) is 0 Å². The second kappa shape index (κ2) is 9.00. The lowest BCUT2D eigenvalue weighted by Crippen LogP contribution is -2.71. The summed E-state index contributed by atoms with van der Waals surface area (Å²) in [6, 6.07) is 3.15. The van der Waals surface area contributed by atoms with Crippen molar-refractivity contribution in [2.45, 2.75) is 75.7 Å². The lowest BCUT2D eigenvalue weighted by molar-refractivity contribution is -0.300. The predicted octanol–water partition coefficient (Wildman–Crippen LogP) is 6.29. The first-order chi connectivity index (χ1) is 20.2. The van der Waals surface area contributed by atoms with Crippen LogP contribution >= 0.6 is 0 Å². The molecule has 0 amide bonds. The molecule has 1 N–H and O–H groups in total. The fraction of sp³-hybridized carbons (Fsp3) is 0.464. The van der Waals surface area contributed by atoms with Crippen molar-refractivity contribution in [2.24, 2.45) is 5.41 Å². The summed E-state index contributed by atoms with van der Waals surface area (Å²) in [7, 11) is 0. The SMILES string of the molecule is CC(Oc1cncc(-n2nc(C(F)(F)F)c3c2[C@@H](OC24CC(C(=O)O)(C2)C4)CCC3)c1)c1cc2c(cc1F)OC(F)(F)O2. The summed E-state index contributed by atoms with van der Waals surface area (Å²) < 4.78 is 106. The first kappa shape index (κ1) is 27.8. The van der Waals surface area contributed by atoms with E-state index in [1.54, 1.807) is 0 Å². The maximum absolute atomic E-state index is 14.7. The topological polar surface area (TPSA) is 105 Å². The van der Waals surface area contributed by atoms with Crippen molar-refractivity contribution in [1.82, 2.24) is 14.8 Å². The van der Waals surface area contributed by atoms with Crippen molar-refractivity contribution in [3.05, 3.63) is 58.9 Å². The number of halogens is 6. The van der Waals surface area contributed by atoms with Crippen LogP contribution in [0, 0.1) is 11.2 Å². The van der Waals surface area contributed by atoms with Crippen LogP contribution in [0.4, 0.5) is 26.3 Å². The molecule has 1 unspecified atom stereocenters. The average Bonchev–Trinajstić information content (AvgIpc) is 3.41. The van der Waals surface area contributed by atoms with Gasteiger partial charge in [-0.2, -0.15) is 18.3 Å². The molecule has 1 aliphatic heterocycles. The molecular weight excluding hydrogens is 588 g/mol. The Bertz CT molecular complexity index is 1640. The van der Waals surface area contributed by atoms with Crippen LogP contribution in [-0.2, 0) is 22.1 Å². The van der Waals surface area contributed by atoms with E-state index < -0.39 is 58.9 Å². The Morgan fingerprint density at radius 2 is 1.84 bits per heavy atom. The molecule has 3 saturated carbocycles. The van der Waals surface area contributed by atoms with E-state index >= 15 is 0 Å². The highest BCUT2D eigenvalue weighted by molar-refractivity contribution is 5.79. The number of carboxylic acids is 1. The smallest absolute Gasteiger partial charge is 0.484 e. The molecule has 3 heterocycles. The number of carboxylic acid groups (broad SMARTS) is 1. The molecule has 3 aromatic rings. The highest BCUT2D eigenvalue weighted by Crippen LogP contribution is 2.70. The van der Waals surface area contributed by atoms with Crippen molar-refractivity contribution < 1.29 is 55.2 Å². The first-order valence-corrected chi connectivity index (χ1v) is 13.5. The lowest BCUT2D eigenvalue weighted by atomic mass is 9.41. The number of benzene rings is 1. The fourth-order valence-electron chi connectivity index (χ4n) is 6.68. The number of aliphatic carboxylic acids is 1. The Balaban J connectivity index is 1.19. The third kappa shape index (κ3) is 4.46. The molecule has 1 aromatic carbocycles. The molecule has 8 rings (SSSR count). The molecule has 0 radical (unpaired) electrons. The molecule has 2 atom stereocenters. The van der Waals surface area contributed by atoms with Crippen LogP contribution in [0.1, 0.15) is 73.8 Å². The quantitative estimate of drug-likeness (QED) is 0.311. The van der Waals surface area contributed by atoms with Gasteiger partial charge in [0.15, 0.2) is 17.2 Å². The van der Waals surface area contributed by atoms with E-state index in [2.05, 4.69) is 19.6 Å². The standard InChI is InChI=1S/C28H23F6N3O6/c1-13(17-6-20-21(7-18(17)29)43-28(33,34)42-20)40-15-5-14(8-35-9-15)37-22-16(23(36-37)27(30,31)32)3-2-4-19(22)41-26-10-25(11-26,12-26)24(38)39/h5-9,13,19H,2-4,10-12H2,1H3,(H,38,39)/t13?,19-,25?,26?/m0/s1. The summed E-state index contributed by atoms with van der Waals surface area (Å²) in [5.74, 6) is -2.61. The molecule has 228 valence electrons. The van der Waals surface area contributed by atoms with Crippen LogP contribution in [0.5, 0.6) is 17.2 Å². The Hall–Kier alpha value is -4.01. The minimum Gasteiger partial charge on any atom is -0.484 e. The number of pyridine rings is 1. The molecule has 43 heavy (non-hydrogen) atoms. The number of alkyl halides is 5. The van der Waals surface area contributed by atoms with Gasteiger partial charge in [0.25, 0.3) is 0 Å². The van der Waals surface area contributed by atoms with Gasteiger partial charge in [-0.05, 0) is 51.5 Å². The normalized spacial score (nSPS) is 27.1. The lowest BCUT2D eigenvalue weighted by Gasteiger charge is -2.67. The second-order valence-electron chi connectivity index (χ2n) is 11.5. The fourth-order valence-corrected chi connectivity index (χ4v) is 6.68. The number of carbonyl (C=O) groups is 1. The van der Waals surface area contributed by atoms with Gasteiger partial charge in [-0.1, -0.05) is 0 Å². The van der Waals surface area contributed by atoms with E-state index in [1.165, 1.54) is 25.4 Å². The van der Waals surface area contributed by atoms with Gasteiger partial charge in [0.05, 0.1) is 34.8 Å². The van der Waals surface area contributed by atoms with E-state index in [4.69, 9.17) is 9.47 Å². The van der Waals surface area contributed by atoms with Crippen LogP contribution < -0.4 is 14.2 Å². The van der Waals surface area contributed by atoms with Gasteiger partial charge >= 0.3 is 18.4 Å². The Morgan fingerprint density at radius 3 is 2.51 bits per heavy atom. The number of aromatic nitrogens is 3.